The van der Waals surface area contributed by atoms with Crippen molar-refractivity contribution in [3.05, 3.63) is 89.1 Å². The van der Waals surface area contributed by atoms with Crippen molar-refractivity contribution in [2.75, 3.05) is 0 Å². The molecule has 1 fully saturated rings. The molecule has 162 valence electrons. The van der Waals surface area contributed by atoms with E-state index in [9.17, 15) is 15.0 Å². The zero-order chi connectivity index (χ0) is 22.5. The molecule has 5 heteroatoms. The van der Waals surface area contributed by atoms with Crippen LogP contribution in [-0.4, -0.2) is 26.0 Å². The van der Waals surface area contributed by atoms with Crippen LogP contribution >= 0.6 is 0 Å². The van der Waals surface area contributed by atoms with E-state index in [1.165, 1.54) is 0 Å². The third kappa shape index (κ3) is 2.95. The minimum atomic E-state index is -0.518. The molecule has 5 rings (SSSR count). The van der Waals surface area contributed by atoms with Crippen LogP contribution < -0.4 is 0 Å². The number of aromatic nitrogens is 2. The molecule has 1 saturated carbocycles. The molecule has 0 aliphatic heterocycles. The fraction of sp³-hybridized carbons (Fsp3) is 0.296. The average molecular weight is 427 g/mol. The van der Waals surface area contributed by atoms with E-state index in [0.29, 0.717) is 17.8 Å². The predicted octanol–water partition coefficient (Wildman–Crippen LogP) is 5.06. The van der Waals surface area contributed by atoms with Crippen molar-refractivity contribution in [1.82, 2.24) is 9.97 Å². The first kappa shape index (κ1) is 20.4. The average Bonchev–Trinajstić information content (AvgIpc) is 2.81. The van der Waals surface area contributed by atoms with Gasteiger partial charge in [-0.3, -0.25) is 4.79 Å². The van der Waals surface area contributed by atoms with Crippen molar-refractivity contribution >= 4 is 5.78 Å². The Kier molecular flexibility index (Phi) is 4.85. The smallest absolute Gasteiger partial charge is 0.165 e. The molecular weight excluding hydrogens is 400 g/mol. The Morgan fingerprint density at radius 3 is 2.47 bits per heavy atom. The normalized spacial score (nSPS) is 25.9. The standard InChI is InChI=1S/C27H26N2O3/c1-16-23-13-12-22-24(18-8-10-21(31)11-9-18)28-17(2)29-26(22)27(23,14-19(15-30)25(16)32)20-6-4-3-5-7-20/h3-11,15-16,23,30-31H,12-14H2,1-2H3/b19-15-/t16-,23-,27+/m0/s1. The number of hydrogen-bond acceptors (Lipinski definition) is 5. The van der Waals surface area contributed by atoms with Crippen LogP contribution in [0.4, 0.5) is 0 Å². The van der Waals surface area contributed by atoms with E-state index in [1.807, 2.05) is 44.2 Å². The van der Waals surface area contributed by atoms with Crippen molar-refractivity contribution < 1.29 is 15.0 Å². The summed E-state index contributed by atoms with van der Waals surface area (Å²) in [4.78, 5) is 22.8. The molecule has 2 aliphatic carbocycles. The number of phenolic OH excluding ortho intramolecular Hbond substituents is 1. The van der Waals surface area contributed by atoms with Crippen LogP contribution in [0.1, 0.15) is 42.4 Å². The minimum Gasteiger partial charge on any atom is -0.515 e. The number of aryl methyl sites for hydroxylation is 1. The number of carbonyl (C=O) groups is 1. The topological polar surface area (TPSA) is 83.3 Å². The fourth-order valence-corrected chi connectivity index (χ4v) is 5.83. The Bertz CT molecular complexity index is 1220. The van der Waals surface area contributed by atoms with Gasteiger partial charge >= 0.3 is 0 Å². The number of fused-ring (bicyclic) bond motifs is 3. The molecule has 2 aliphatic rings. The molecular formula is C27H26N2O3. The summed E-state index contributed by atoms with van der Waals surface area (Å²) in [6, 6.07) is 17.4. The van der Waals surface area contributed by atoms with Crippen molar-refractivity contribution in [1.29, 1.82) is 0 Å². The predicted molar refractivity (Wildman–Crippen MR) is 122 cm³/mol. The van der Waals surface area contributed by atoms with E-state index in [1.54, 1.807) is 12.1 Å². The fourth-order valence-electron chi connectivity index (χ4n) is 5.83. The van der Waals surface area contributed by atoms with E-state index in [4.69, 9.17) is 9.97 Å². The number of aromatic hydroxyl groups is 1. The number of carbonyl (C=O) groups excluding carboxylic acids is 1. The number of phenols is 1. The number of benzene rings is 2. The second-order valence-corrected chi connectivity index (χ2v) is 8.96. The number of ketones is 1. The number of rotatable bonds is 2. The lowest BCUT2D eigenvalue weighted by Gasteiger charge is -2.51. The number of aliphatic hydroxyl groups is 1. The van der Waals surface area contributed by atoms with E-state index >= 15 is 0 Å². The van der Waals surface area contributed by atoms with Crippen LogP contribution in [0.25, 0.3) is 11.3 Å². The maximum Gasteiger partial charge on any atom is 0.165 e. The maximum absolute atomic E-state index is 13.0. The Hall–Kier alpha value is -3.47. The third-order valence-corrected chi connectivity index (χ3v) is 7.27. The summed E-state index contributed by atoms with van der Waals surface area (Å²) < 4.78 is 0. The first-order chi connectivity index (χ1) is 15.5. The lowest BCUT2D eigenvalue weighted by atomic mass is 9.52. The summed E-state index contributed by atoms with van der Waals surface area (Å²) >= 11 is 0. The van der Waals surface area contributed by atoms with E-state index in [-0.39, 0.29) is 23.4 Å². The van der Waals surface area contributed by atoms with Gasteiger partial charge in [-0.25, -0.2) is 9.97 Å². The molecule has 0 spiro atoms. The Balaban J connectivity index is 1.82. The van der Waals surface area contributed by atoms with Crippen LogP contribution in [0.15, 0.2) is 66.4 Å². The van der Waals surface area contributed by atoms with Crippen LogP contribution in [0.3, 0.4) is 0 Å². The zero-order valence-electron chi connectivity index (χ0n) is 18.2. The summed E-state index contributed by atoms with van der Waals surface area (Å²) in [5, 5.41) is 19.7. The quantitative estimate of drug-likeness (QED) is 0.442. The molecule has 0 amide bonds. The molecule has 1 aromatic heterocycles. The molecule has 0 bridgehead atoms. The van der Waals surface area contributed by atoms with Gasteiger partial charge in [-0.1, -0.05) is 37.3 Å². The SMILES string of the molecule is Cc1nc(-c2ccc(O)cc2)c2c(n1)[C@@]1(c3ccccc3)C/C(=C/O)C(=O)[C@@H](C)[C@@H]1CC2. The van der Waals surface area contributed by atoms with Gasteiger partial charge in [0.15, 0.2) is 5.78 Å². The highest BCUT2D eigenvalue weighted by Crippen LogP contribution is 2.56. The van der Waals surface area contributed by atoms with Crippen LogP contribution in [0, 0.1) is 18.8 Å². The van der Waals surface area contributed by atoms with Gasteiger partial charge in [-0.15, -0.1) is 0 Å². The number of hydrogen-bond donors (Lipinski definition) is 2. The molecule has 3 atom stereocenters. The van der Waals surface area contributed by atoms with E-state index in [2.05, 4.69) is 12.1 Å². The van der Waals surface area contributed by atoms with Crippen LogP contribution in [0.2, 0.25) is 0 Å². The van der Waals surface area contributed by atoms with Crippen molar-refractivity contribution in [3.63, 3.8) is 0 Å². The van der Waals surface area contributed by atoms with Gasteiger partial charge in [0.25, 0.3) is 0 Å². The summed E-state index contributed by atoms with van der Waals surface area (Å²) in [5.74, 6) is 0.768. The van der Waals surface area contributed by atoms with Crippen LogP contribution in [-0.2, 0) is 16.6 Å². The highest BCUT2D eigenvalue weighted by Gasteiger charge is 2.55. The first-order valence-corrected chi connectivity index (χ1v) is 11.1. The highest BCUT2D eigenvalue weighted by molar-refractivity contribution is 5.98. The monoisotopic (exact) mass is 426 g/mol. The third-order valence-electron chi connectivity index (χ3n) is 7.27. The van der Waals surface area contributed by atoms with Crippen molar-refractivity contribution in [2.24, 2.45) is 11.8 Å². The summed E-state index contributed by atoms with van der Waals surface area (Å²) in [6.45, 7) is 3.87. The molecule has 0 radical (unpaired) electrons. The number of aliphatic hydroxyl groups excluding tert-OH is 1. The van der Waals surface area contributed by atoms with E-state index < -0.39 is 5.41 Å². The maximum atomic E-state index is 13.0. The number of Topliss-reactive ketones (excluding diaryl/α,β-unsaturated/α-hetero) is 1. The molecule has 3 aromatic rings. The first-order valence-electron chi connectivity index (χ1n) is 11.1. The zero-order valence-corrected chi connectivity index (χ0v) is 18.2. The minimum absolute atomic E-state index is 0.0250. The lowest BCUT2D eigenvalue weighted by molar-refractivity contribution is -0.123. The molecule has 32 heavy (non-hydrogen) atoms. The van der Waals surface area contributed by atoms with Crippen molar-refractivity contribution in [2.45, 2.75) is 38.5 Å². The second-order valence-electron chi connectivity index (χ2n) is 8.96. The van der Waals surface area contributed by atoms with Gasteiger partial charge in [0.1, 0.15) is 11.6 Å². The molecule has 2 N–H and O–H groups in total. The van der Waals surface area contributed by atoms with Gasteiger partial charge in [-0.05, 0) is 61.9 Å². The summed E-state index contributed by atoms with van der Waals surface area (Å²) in [5.41, 5.74) is 4.89. The number of allylic oxidation sites excluding steroid dienone is 1. The lowest BCUT2D eigenvalue weighted by Crippen LogP contribution is -2.51. The Morgan fingerprint density at radius 1 is 1.06 bits per heavy atom. The van der Waals surface area contributed by atoms with Gasteiger partial charge < -0.3 is 10.2 Å². The molecule has 0 unspecified atom stereocenters. The second kappa shape index (κ2) is 7.59. The largest absolute Gasteiger partial charge is 0.515 e. The molecule has 0 saturated heterocycles. The summed E-state index contributed by atoms with van der Waals surface area (Å²) in [6.07, 6.45) is 3.02. The highest BCUT2D eigenvalue weighted by atomic mass is 16.3. The summed E-state index contributed by atoms with van der Waals surface area (Å²) in [7, 11) is 0. The molecule has 2 aromatic carbocycles. The molecule has 5 nitrogen and oxygen atoms in total. The van der Waals surface area contributed by atoms with Gasteiger partial charge in [0.2, 0.25) is 0 Å². The van der Waals surface area contributed by atoms with Crippen LogP contribution in [0.5, 0.6) is 5.75 Å². The van der Waals surface area contributed by atoms with Gasteiger partial charge in [0, 0.05) is 28.0 Å². The Morgan fingerprint density at radius 2 is 1.78 bits per heavy atom. The molecule has 1 heterocycles. The number of nitrogens with zero attached hydrogens (tertiary/aromatic N) is 2. The van der Waals surface area contributed by atoms with E-state index in [0.717, 1.165) is 47.2 Å². The van der Waals surface area contributed by atoms with Gasteiger partial charge in [0.05, 0.1) is 17.6 Å². The Labute approximate surface area is 187 Å². The van der Waals surface area contributed by atoms with Gasteiger partial charge in [-0.2, -0.15) is 0 Å². The van der Waals surface area contributed by atoms with Crippen molar-refractivity contribution in [3.8, 4) is 17.0 Å².